The number of amides is 1. The number of benzene rings is 3. The van der Waals surface area contributed by atoms with Crippen LogP contribution in [0.15, 0.2) is 77.7 Å². The molecule has 2 N–H and O–H groups in total. The van der Waals surface area contributed by atoms with Crippen LogP contribution in [0.5, 0.6) is 0 Å². The summed E-state index contributed by atoms with van der Waals surface area (Å²) in [6.07, 6.45) is 0. The highest BCUT2D eigenvalue weighted by Gasteiger charge is 2.15. The molecule has 3 aromatic carbocycles. The molecule has 3 rings (SSSR count). The van der Waals surface area contributed by atoms with Gasteiger partial charge >= 0.3 is 0 Å². The number of carbonyl (C=O) groups excluding carboxylic acids is 1. The van der Waals surface area contributed by atoms with E-state index >= 15 is 0 Å². The van der Waals surface area contributed by atoms with Gasteiger partial charge in [-0.1, -0.05) is 35.9 Å². The first kappa shape index (κ1) is 19.6. The second-order valence-corrected chi connectivity index (χ2v) is 7.99. The third-order valence-corrected chi connectivity index (χ3v) is 5.47. The Bertz CT molecular complexity index is 1080. The van der Waals surface area contributed by atoms with Crippen LogP contribution in [0, 0.1) is 12.7 Å². The van der Waals surface area contributed by atoms with E-state index in [1.165, 1.54) is 30.3 Å². The molecule has 0 bridgehead atoms. The van der Waals surface area contributed by atoms with E-state index in [1.54, 1.807) is 42.5 Å². The average molecular weight is 398 g/mol. The fraction of sp³-hybridized carbons (Fsp3) is 0.0952. The molecule has 144 valence electrons. The normalized spacial score (nSPS) is 11.1. The van der Waals surface area contributed by atoms with Gasteiger partial charge in [-0.2, -0.15) is 0 Å². The number of hydrogen-bond donors (Lipinski definition) is 2. The number of anilines is 1. The molecule has 5 nitrogen and oxygen atoms in total. The number of rotatable bonds is 6. The van der Waals surface area contributed by atoms with Crippen molar-refractivity contribution in [3.05, 3.63) is 95.3 Å². The summed E-state index contributed by atoms with van der Waals surface area (Å²) in [4.78, 5) is 12.5. The van der Waals surface area contributed by atoms with Gasteiger partial charge in [0.15, 0.2) is 0 Å². The summed E-state index contributed by atoms with van der Waals surface area (Å²) in [6.45, 7) is 2.11. The monoisotopic (exact) mass is 398 g/mol. The number of hydrogen-bond acceptors (Lipinski definition) is 3. The summed E-state index contributed by atoms with van der Waals surface area (Å²) < 4.78 is 40.4. The molecule has 0 aliphatic rings. The highest BCUT2D eigenvalue weighted by Crippen LogP contribution is 2.18. The summed E-state index contributed by atoms with van der Waals surface area (Å²) in [5.74, 6) is -0.704. The minimum absolute atomic E-state index is 0.143. The highest BCUT2D eigenvalue weighted by molar-refractivity contribution is 7.92. The summed E-state index contributed by atoms with van der Waals surface area (Å²) in [6, 6.07) is 18.5. The lowest BCUT2D eigenvalue weighted by molar-refractivity contribution is 0.0951. The molecule has 0 aliphatic carbocycles. The van der Waals surface area contributed by atoms with Crippen LogP contribution < -0.4 is 10.0 Å². The van der Waals surface area contributed by atoms with Crippen LogP contribution in [0.4, 0.5) is 10.1 Å². The van der Waals surface area contributed by atoms with E-state index in [0.717, 1.165) is 11.1 Å². The summed E-state index contributed by atoms with van der Waals surface area (Å²) in [5.41, 5.74) is 2.31. The molecular weight excluding hydrogens is 379 g/mol. The van der Waals surface area contributed by atoms with E-state index in [4.69, 9.17) is 0 Å². The van der Waals surface area contributed by atoms with Gasteiger partial charge in [0.2, 0.25) is 0 Å². The second kappa shape index (κ2) is 8.22. The lowest BCUT2D eigenvalue weighted by Gasteiger charge is -2.10. The molecule has 0 aliphatic heterocycles. The van der Waals surface area contributed by atoms with E-state index in [2.05, 4.69) is 10.0 Å². The van der Waals surface area contributed by atoms with E-state index in [1.807, 2.05) is 6.92 Å². The topological polar surface area (TPSA) is 75.3 Å². The van der Waals surface area contributed by atoms with Gasteiger partial charge in [-0.3, -0.25) is 9.52 Å². The van der Waals surface area contributed by atoms with Crippen molar-refractivity contribution in [3.8, 4) is 0 Å². The largest absolute Gasteiger partial charge is 0.348 e. The number of aryl methyl sites for hydroxylation is 1. The minimum atomic E-state index is -3.75. The predicted octanol–water partition coefficient (Wildman–Crippen LogP) is 3.86. The van der Waals surface area contributed by atoms with Gasteiger partial charge < -0.3 is 5.32 Å². The van der Waals surface area contributed by atoms with Crippen LogP contribution in [-0.4, -0.2) is 14.3 Å². The van der Waals surface area contributed by atoms with E-state index in [0.29, 0.717) is 5.56 Å². The van der Waals surface area contributed by atoms with Crippen molar-refractivity contribution in [2.75, 3.05) is 4.72 Å². The van der Waals surface area contributed by atoms with Gasteiger partial charge in [-0.25, -0.2) is 12.8 Å². The van der Waals surface area contributed by atoms with Crippen molar-refractivity contribution in [1.29, 1.82) is 0 Å². The zero-order valence-electron chi connectivity index (χ0n) is 15.1. The molecule has 0 saturated carbocycles. The van der Waals surface area contributed by atoms with Gasteiger partial charge in [0.05, 0.1) is 4.90 Å². The number of halogens is 1. The number of nitrogens with one attached hydrogen (secondary N) is 2. The van der Waals surface area contributed by atoms with Gasteiger partial charge in [-0.05, 0) is 55.0 Å². The average Bonchev–Trinajstić information content (AvgIpc) is 2.67. The van der Waals surface area contributed by atoms with Gasteiger partial charge in [0.1, 0.15) is 5.82 Å². The fourth-order valence-corrected chi connectivity index (χ4v) is 3.59. The van der Waals surface area contributed by atoms with Gasteiger partial charge in [0.25, 0.3) is 15.9 Å². The lowest BCUT2D eigenvalue weighted by Crippen LogP contribution is -2.23. The van der Waals surface area contributed by atoms with Crippen molar-refractivity contribution in [2.45, 2.75) is 18.4 Å². The maximum absolute atomic E-state index is 12.9. The number of sulfonamides is 1. The molecule has 3 aromatic rings. The molecule has 7 heteroatoms. The maximum atomic E-state index is 12.9. The Labute approximate surface area is 163 Å². The van der Waals surface area contributed by atoms with Crippen molar-refractivity contribution in [2.24, 2.45) is 0 Å². The zero-order chi connectivity index (χ0) is 20.1. The molecular formula is C21H19FN2O3S. The molecule has 0 atom stereocenters. The van der Waals surface area contributed by atoms with Crippen molar-refractivity contribution in [1.82, 2.24) is 5.32 Å². The second-order valence-electron chi connectivity index (χ2n) is 6.31. The first-order chi connectivity index (χ1) is 13.3. The molecule has 0 radical (unpaired) electrons. The quantitative estimate of drug-likeness (QED) is 0.662. The fourth-order valence-electron chi connectivity index (χ4n) is 2.54. The summed E-state index contributed by atoms with van der Waals surface area (Å²) in [5, 5.41) is 2.72. The predicted molar refractivity (Wildman–Crippen MR) is 106 cm³/mol. The Hall–Kier alpha value is -3.19. The van der Waals surface area contributed by atoms with Gasteiger partial charge in [0, 0.05) is 17.8 Å². The van der Waals surface area contributed by atoms with Crippen molar-refractivity contribution < 1.29 is 17.6 Å². The van der Waals surface area contributed by atoms with Crippen LogP contribution in [0.25, 0.3) is 0 Å². The Kier molecular flexibility index (Phi) is 5.75. The third-order valence-electron chi connectivity index (χ3n) is 4.07. The highest BCUT2D eigenvalue weighted by atomic mass is 32.2. The van der Waals surface area contributed by atoms with E-state index in [-0.39, 0.29) is 28.9 Å². The summed E-state index contributed by atoms with van der Waals surface area (Å²) >= 11 is 0. The molecule has 0 saturated heterocycles. The summed E-state index contributed by atoms with van der Waals surface area (Å²) in [7, 11) is -3.75. The zero-order valence-corrected chi connectivity index (χ0v) is 16.0. The number of carbonyl (C=O) groups is 1. The van der Waals surface area contributed by atoms with E-state index < -0.39 is 10.0 Å². The molecule has 1 amide bonds. The molecule has 0 heterocycles. The Morgan fingerprint density at radius 2 is 1.64 bits per heavy atom. The first-order valence-corrected chi connectivity index (χ1v) is 10.0. The smallest absolute Gasteiger partial charge is 0.261 e. The van der Waals surface area contributed by atoms with Crippen molar-refractivity contribution in [3.63, 3.8) is 0 Å². The molecule has 0 aromatic heterocycles. The SMILES string of the molecule is Cc1ccc(S(=O)(=O)Nc2cccc(C(=O)NCc3ccc(F)cc3)c2)cc1. The molecule has 0 spiro atoms. The lowest BCUT2D eigenvalue weighted by atomic mass is 10.1. The van der Waals surface area contributed by atoms with Gasteiger partial charge in [-0.15, -0.1) is 0 Å². The molecule has 28 heavy (non-hydrogen) atoms. The van der Waals surface area contributed by atoms with Crippen LogP contribution in [-0.2, 0) is 16.6 Å². The van der Waals surface area contributed by atoms with E-state index in [9.17, 15) is 17.6 Å². The molecule has 0 unspecified atom stereocenters. The minimum Gasteiger partial charge on any atom is -0.348 e. The Balaban J connectivity index is 1.70. The third kappa shape index (κ3) is 4.95. The Morgan fingerprint density at radius 3 is 2.32 bits per heavy atom. The van der Waals surface area contributed by atoms with Crippen LogP contribution >= 0.6 is 0 Å². The maximum Gasteiger partial charge on any atom is 0.261 e. The van der Waals surface area contributed by atoms with Crippen molar-refractivity contribution >= 4 is 21.6 Å². The molecule has 0 fully saturated rings. The van der Waals surface area contributed by atoms with Crippen LogP contribution in [0.2, 0.25) is 0 Å². The van der Waals surface area contributed by atoms with Crippen LogP contribution in [0.1, 0.15) is 21.5 Å². The van der Waals surface area contributed by atoms with Crippen LogP contribution in [0.3, 0.4) is 0 Å². The first-order valence-electron chi connectivity index (χ1n) is 8.56. The standard InChI is InChI=1S/C21H19FN2O3S/c1-15-5-11-20(12-6-15)28(26,27)24-19-4-2-3-17(13-19)21(25)23-14-16-7-9-18(22)10-8-16/h2-13,24H,14H2,1H3,(H,23,25). The Morgan fingerprint density at radius 1 is 0.964 bits per heavy atom.